The molecule has 0 fully saturated rings. The summed E-state index contributed by atoms with van der Waals surface area (Å²) in [6.07, 6.45) is 11.0. The van der Waals surface area contributed by atoms with Gasteiger partial charge in [-0.15, -0.1) is 0 Å². The Balaban J connectivity index is 2.22. The Morgan fingerprint density at radius 2 is 1.65 bits per heavy atom. The van der Waals surface area contributed by atoms with Gasteiger partial charge < -0.3 is 4.74 Å². The third-order valence-corrected chi connectivity index (χ3v) is 5.86. The average Bonchev–Trinajstić information content (AvgIpc) is 3.05. The lowest BCUT2D eigenvalue weighted by Crippen LogP contribution is -2.29. The summed E-state index contributed by atoms with van der Waals surface area (Å²) in [5, 5.41) is 0. The van der Waals surface area contributed by atoms with Crippen LogP contribution in [0.25, 0.3) is 0 Å². The minimum Gasteiger partial charge on any atom is -0.463 e. The first kappa shape index (κ1) is 27.4. The van der Waals surface area contributed by atoms with Gasteiger partial charge in [-0.1, -0.05) is 51.5 Å². The SMILES string of the molecule is CCCCC(F)(F)C(=O)CC[C@H]1C=CC(=O)[C@@H]1CCCCCCCCC(=O)OC(C)C. The zero-order chi connectivity index (χ0) is 23.3. The maximum atomic E-state index is 13.9. The number of carbonyl (C=O) groups excluding carboxylic acids is 3. The second-order valence-corrected chi connectivity index (χ2v) is 9.00. The van der Waals surface area contributed by atoms with Gasteiger partial charge in [-0.3, -0.25) is 14.4 Å². The molecule has 1 aliphatic carbocycles. The minimum absolute atomic E-state index is 0.0545. The molecule has 0 saturated carbocycles. The number of esters is 1. The second kappa shape index (κ2) is 14.5. The summed E-state index contributed by atoms with van der Waals surface area (Å²) >= 11 is 0. The summed E-state index contributed by atoms with van der Waals surface area (Å²) in [5.41, 5.74) is 0. The number of alkyl halides is 2. The molecule has 0 radical (unpaired) electrons. The molecule has 0 unspecified atom stereocenters. The van der Waals surface area contributed by atoms with Crippen molar-refractivity contribution < 1.29 is 27.9 Å². The molecule has 2 atom stereocenters. The number of ether oxygens (including phenoxy) is 1. The van der Waals surface area contributed by atoms with Crippen LogP contribution in [0.5, 0.6) is 0 Å². The molecular formula is C25H40F2O4. The van der Waals surface area contributed by atoms with E-state index in [1.807, 2.05) is 20.8 Å². The van der Waals surface area contributed by atoms with Crippen LogP contribution in [0.15, 0.2) is 12.2 Å². The highest BCUT2D eigenvalue weighted by Gasteiger charge is 2.38. The van der Waals surface area contributed by atoms with Gasteiger partial charge in [0, 0.05) is 25.2 Å². The lowest BCUT2D eigenvalue weighted by atomic mass is 9.85. The van der Waals surface area contributed by atoms with Gasteiger partial charge >= 0.3 is 11.9 Å². The summed E-state index contributed by atoms with van der Waals surface area (Å²) in [5.74, 6) is -4.62. The van der Waals surface area contributed by atoms with E-state index in [-0.39, 0.29) is 42.5 Å². The fourth-order valence-electron chi connectivity index (χ4n) is 4.02. The highest BCUT2D eigenvalue weighted by atomic mass is 19.3. The van der Waals surface area contributed by atoms with Gasteiger partial charge in [0.2, 0.25) is 5.78 Å². The Kier molecular flexibility index (Phi) is 12.8. The smallest absolute Gasteiger partial charge is 0.306 e. The van der Waals surface area contributed by atoms with Crippen molar-refractivity contribution in [2.24, 2.45) is 11.8 Å². The molecule has 31 heavy (non-hydrogen) atoms. The molecule has 0 aliphatic heterocycles. The molecule has 1 rings (SSSR count). The van der Waals surface area contributed by atoms with Gasteiger partial charge in [0.05, 0.1) is 6.10 Å². The van der Waals surface area contributed by atoms with Crippen molar-refractivity contribution in [2.75, 3.05) is 0 Å². The number of hydrogen-bond acceptors (Lipinski definition) is 4. The third-order valence-electron chi connectivity index (χ3n) is 5.86. The molecule has 6 heteroatoms. The summed E-state index contributed by atoms with van der Waals surface area (Å²) in [7, 11) is 0. The van der Waals surface area contributed by atoms with Crippen LogP contribution in [-0.4, -0.2) is 29.6 Å². The number of carbonyl (C=O) groups is 3. The predicted octanol–water partition coefficient (Wildman–Crippen LogP) is 6.60. The first-order valence-electron chi connectivity index (χ1n) is 12.0. The largest absolute Gasteiger partial charge is 0.463 e. The van der Waals surface area contributed by atoms with Crippen LogP contribution in [0.2, 0.25) is 0 Å². The Hall–Kier alpha value is -1.59. The van der Waals surface area contributed by atoms with E-state index in [1.165, 1.54) is 0 Å². The zero-order valence-electron chi connectivity index (χ0n) is 19.5. The van der Waals surface area contributed by atoms with E-state index >= 15 is 0 Å². The normalized spacial score (nSPS) is 18.7. The molecule has 0 aromatic heterocycles. The van der Waals surface area contributed by atoms with Crippen molar-refractivity contribution in [2.45, 2.75) is 116 Å². The summed E-state index contributed by atoms with van der Waals surface area (Å²) < 4.78 is 32.8. The van der Waals surface area contributed by atoms with E-state index in [2.05, 4.69) is 0 Å². The number of halogens is 2. The topological polar surface area (TPSA) is 60.4 Å². The Labute approximate surface area is 186 Å². The maximum Gasteiger partial charge on any atom is 0.306 e. The molecule has 178 valence electrons. The molecular weight excluding hydrogens is 402 g/mol. The van der Waals surface area contributed by atoms with Gasteiger partial charge in [0.1, 0.15) is 0 Å². The number of allylic oxidation sites excluding steroid dienone is 2. The predicted molar refractivity (Wildman–Crippen MR) is 118 cm³/mol. The first-order chi connectivity index (χ1) is 14.7. The van der Waals surface area contributed by atoms with Gasteiger partial charge in [0.15, 0.2) is 5.78 Å². The van der Waals surface area contributed by atoms with E-state index in [9.17, 15) is 23.2 Å². The van der Waals surface area contributed by atoms with Crippen molar-refractivity contribution in [3.05, 3.63) is 12.2 Å². The van der Waals surface area contributed by atoms with Crippen LogP contribution in [0.3, 0.4) is 0 Å². The van der Waals surface area contributed by atoms with Gasteiger partial charge in [-0.25, -0.2) is 0 Å². The van der Waals surface area contributed by atoms with E-state index in [0.717, 1.165) is 44.9 Å². The van der Waals surface area contributed by atoms with E-state index in [0.29, 0.717) is 25.7 Å². The molecule has 0 bridgehead atoms. The van der Waals surface area contributed by atoms with E-state index in [4.69, 9.17) is 4.74 Å². The molecule has 0 spiro atoms. The lowest BCUT2D eigenvalue weighted by Gasteiger charge is -2.19. The molecule has 4 nitrogen and oxygen atoms in total. The second-order valence-electron chi connectivity index (χ2n) is 9.00. The average molecular weight is 443 g/mol. The number of Topliss-reactive ketones (excluding diaryl/α,β-unsaturated/α-hetero) is 1. The lowest BCUT2D eigenvalue weighted by molar-refractivity contribution is -0.147. The summed E-state index contributed by atoms with van der Waals surface area (Å²) in [6.45, 7) is 5.51. The van der Waals surface area contributed by atoms with Crippen molar-refractivity contribution in [1.29, 1.82) is 0 Å². The van der Waals surface area contributed by atoms with Crippen LogP contribution >= 0.6 is 0 Å². The molecule has 0 aromatic carbocycles. The van der Waals surface area contributed by atoms with Crippen molar-refractivity contribution in [1.82, 2.24) is 0 Å². The van der Waals surface area contributed by atoms with Crippen LogP contribution in [-0.2, 0) is 19.1 Å². The minimum atomic E-state index is -3.25. The van der Waals surface area contributed by atoms with Crippen molar-refractivity contribution in [3.63, 3.8) is 0 Å². The number of hydrogen-bond donors (Lipinski definition) is 0. The Morgan fingerprint density at radius 3 is 2.29 bits per heavy atom. The molecule has 1 aliphatic rings. The Morgan fingerprint density at radius 1 is 1.00 bits per heavy atom. The van der Waals surface area contributed by atoms with Crippen LogP contribution in [0, 0.1) is 11.8 Å². The highest BCUT2D eigenvalue weighted by Crippen LogP contribution is 2.33. The van der Waals surface area contributed by atoms with Crippen LogP contribution in [0.4, 0.5) is 8.78 Å². The number of rotatable bonds is 17. The number of ketones is 2. The summed E-state index contributed by atoms with van der Waals surface area (Å²) in [4.78, 5) is 35.5. The molecule has 0 aromatic rings. The first-order valence-corrected chi connectivity index (χ1v) is 12.0. The fourth-order valence-corrected chi connectivity index (χ4v) is 4.02. The molecule has 0 saturated heterocycles. The van der Waals surface area contributed by atoms with Gasteiger partial charge in [-0.05, 0) is 51.5 Å². The molecule has 0 N–H and O–H groups in total. The van der Waals surface area contributed by atoms with Crippen molar-refractivity contribution in [3.8, 4) is 0 Å². The monoisotopic (exact) mass is 442 g/mol. The zero-order valence-corrected chi connectivity index (χ0v) is 19.5. The molecule has 0 heterocycles. The van der Waals surface area contributed by atoms with Crippen LogP contribution in [0.1, 0.15) is 104 Å². The van der Waals surface area contributed by atoms with Crippen molar-refractivity contribution >= 4 is 17.5 Å². The molecule has 0 amide bonds. The van der Waals surface area contributed by atoms with E-state index in [1.54, 1.807) is 12.2 Å². The Bertz CT molecular complexity index is 598. The highest BCUT2D eigenvalue weighted by molar-refractivity contribution is 5.94. The third kappa shape index (κ3) is 11.0. The van der Waals surface area contributed by atoms with E-state index < -0.39 is 11.7 Å². The maximum absolute atomic E-state index is 13.9. The standard InChI is InChI=1S/C25H40F2O4/c1-4-5-18-25(26,27)23(29)17-15-20-14-16-22(28)21(20)12-10-8-6-7-9-11-13-24(30)31-19(2)3/h14,16,19-21H,4-13,15,17-18H2,1-3H3/t20-,21-/m1/s1. The van der Waals surface area contributed by atoms with Crippen LogP contribution < -0.4 is 0 Å². The summed E-state index contributed by atoms with van der Waals surface area (Å²) in [6, 6.07) is 0. The van der Waals surface area contributed by atoms with Gasteiger partial charge in [-0.2, -0.15) is 8.78 Å². The number of unbranched alkanes of at least 4 members (excludes halogenated alkanes) is 6. The fraction of sp³-hybridized carbons (Fsp3) is 0.800. The quantitative estimate of drug-likeness (QED) is 0.188. The van der Waals surface area contributed by atoms with Gasteiger partial charge in [0.25, 0.3) is 0 Å².